The van der Waals surface area contributed by atoms with Gasteiger partial charge in [-0.15, -0.1) is 0 Å². The van der Waals surface area contributed by atoms with Crippen molar-refractivity contribution in [2.45, 2.75) is 33.2 Å². The molecule has 2 rings (SSSR count). The SMILES string of the molecule is Cc1cc(C)c(NC(=O)CNC(=O)CC2COCCN2)c(C)c1. The van der Waals surface area contributed by atoms with E-state index in [1.54, 1.807) is 0 Å². The van der Waals surface area contributed by atoms with Crippen molar-refractivity contribution in [3.05, 3.63) is 28.8 Å². The first-order valence-electron chi connectivity index (χ1n) is 7.91. The summed E-state index contributed by atoms with van der Waals surface area (Å²) < 4.78 is 5.30. The average Bonchev–Trinajstić information content (AvgIpc) is 2.50. The molecule has 0 aliphatic carbocycles. The number of benzene rings is 1. The Morgan fingerprint density at radius 3 is 2.52 bits per heavy atom. The molecule has 23 heavy (non-hydrogen) atoms. The standard InChI is InChI=1S/C17H25N3O3/c1-11-6-12(2)17(13(3)7-11)20-16(22)9-19-15(21)8-14-10-23-5-4-18-14/h6-7,14,18H,4-5,8-10H2,1-3H3,(H,19,21)(H,20,22). The molecule has 0 aromatic heterocycles. The molecule has 1 aromatic carbocycles. The molecule has 1 fully saturated rings. The number of amides is 2. The summed E-state index contributed by atoms with van der Waals surface area (Å²) in [6.45, 7) is 7.88. The van der Waals surface area contributed by atoms with E-state index in [1.807, 2.05) is 32.9 Å². The van der Waals surface area contributed by atoms with Crippen LogP contribution in [0.4, 0.5) is 5.69 Å². The second-order valence-corrected chi connectivity index (χ2v) is 6.03. The van der Waals surface area contributed by atoms with Crippen LogP contribution >= 0.6 is 0 Å². The summed E-state index contributed by atoms with van der Waals surface area (Å²) in [6, 6.07) is 4.07. The normalized spacial score (nSPS) is 17.6. The predicted molar refractivity (Wildman–Crippen MR) is 89.5 cm³/mol. The van der Waals surface area contributed by atoms with Gasteiger partial charge in [-0.05, 0) is 31.9 Å². The summed E-state index contributed by atoms with van der Waals surface area (Å²) in [5.74, 6) is -0.373. The first kappa shape index (κ1) is 17.4. The summed E-state index contributed by atoms with van der Waals surface area (Å²) in [7, 11) is 0. The molecule has 1 heterocycles. The van der Waals surface area contributed by atoms with Crippen LogP contribution in [0, 0.1) is 20.8 Å². The smallest absolute Gasteiger partial charge is 0.243 e. The summed E-state index contributed by atoms with van der Waals surface area (Å²) in [4.78, 5) is 23.9. The van der Waals surface area contributed by atoms with E-state index in [0.717, 1.165) is 28.9 Å². The quantitative estimate of drug-likeness (QED) is 0.758. The fourth-order valence-electron chi connectivity index (χ4n) is 2.79. The molecule has 6 nitrogen and oxygen atoms in total. The Morgan fingerprint density at radius 1 is 1.22 bits per heavy atom. The molecular formula is C17H25N3O3. The van der Waals surface area contributed by atoms with Gasteiger partial charge in [0.25, 0.3) is 0 Å². The Bertz CT molecular complexity index is 557. The van der Waals surface area contributed by atoms with Crippen LogP contribution in [0.1, 0.15) is 23.1 Å². The highest BCUT2D eigenvalue weighted by molar-refractivity contribution is 5.95. The Kier molecular flexibility index (Phi) is 6.12. The third-order valence-corrected chi connectivity index (χ3v) is 3.82. The Hall–Kier alpha value is -1.92. The van der Waals surface area contributed by atoms with Crippen LogP contribution in [0.3, 0.4) is 0 Å². The average molecular weight is 319 g/mol. The topological polar surface area (TPSA) is 79.5 Å². The second-order valence-electron chi connectivity index (χ2n) is 6.03. The molecule has 6 heteroatoms. The van der Waals surface area contributed by atoms with Crippen molar-refractivity contribution in [3.63, 3.8) is 0 Å². The fourth-order valence-corrected chi connectivity index (χ4v) is 2.79. The van der Waals surface area contributed by atoms with E-state index in [0.29, 0.717) is 19.6 Å². The zero-order valence-electron chi connectivity index (χ0n) is 14.0. The number of carbonyl (C=O) groups is 2. The summed E-state index contributed by atoms with van der Waals surface area (Å²) in [5.41, 5.74) is 4.02. The number of aryl methyl sites for hydroxylation is 3. The van der Waals surface area contributed by atoms with Gasteiger partial charge < -0.3 is 20.7 Å². The third-order valence-electron chi connectivity index (χ3n) is 3.82. The highest BCUT2D eigenvalue weighted by Crippen LogP contribution is 2.21. The van der Waals surface area contributed by atoms with Crippen molar-refractivity contribution in [1.82, 2.24) is 10.6 Å². The lowest BCUT2D eigenvalue weighted by molar-refractivity contribution is -0.125. The van der Waals surface area contributed by atoms with E-state index in [1.165, 1.54) is 0 Å². The molecular weight excluding hydrogens is 294 g/mol. The number of hydrogen-bond donors (Lipinski definition) is 3. The van der Waals surface area contributed by atoms with Gasteiger partial charge in [-0.1, -0.05) is 17.7 Å². The molecule has 1 aliphatic heterocycles. The molecule has 1 aliphatic rings. The maximum absolute atomic E-state index is 12.0. The van der Waals surface area contributed by atoms with Crippen LogP contribution in [-0.2, 0) is 14.3 Å². The van der Waals surface area contributed by atoms with E-state index in [2.05, 4.69) is 16.0 Å². The van der Waals surface area contributed by atoms with Gasteiger partial charge in [0.2, 0.25) is 11.8 Å². The van der Waals surface area contributed by atoms with Gasteiger partial charge in [-0.2, -0.15) is 0 Å². The maximum atomic E-state index is 12.0. The molecule has 0 saturated carbocycles. The summed E-state index contributed by atoms with van der Waals surface area (Å²) in [5, 5.41) is 8.74. The minimum Gasteiger partial charge on any atom is -0.378 e. The number of hydrogen-bond acceptors (Lipinski definition) is 4. The van der Waals surface area contributed by atoms with Crippen molar-refractivity contribution in [1.29, 1.82) is 0 Å². The number of morpholine rings is 1. The fraction of sp³-hybridized carbons (Fsp3) is 0.529. The highest BCUT2D eigenvalue weighted by atomic mass is 16.5. The predicted octanol–water partition coefficient (Wildman–Crippen LogP) is 1.05. The van der Waals surface area contributed by atoms with E-state index in [4.69, 9.17) is 4.74 Å². The van der Waals surface area contributed by atoms with Gasteiger partial charge in [0.15, 0.2) is 0 Å². The van der Waals surface area contributed by atoms with Gasteiger partial charge in [-0.3, -0.25) is 9.59 Å². The first-order chi connectivity index (χ1) is 11.0. The van der Waals surface area contributed by atoms with Crippen molar-refractivity contribution in [2.24, 2.45) is 0 Å². The zero-order chi connectivity index (χ0) is 16.8. The molecule has 126 valence electrons. The number of carbonyl (C=O) groups excluding carboxylic acids is 2. The minimum atomic E-state index is -0.221. The van der Waals surface area contributed by atoms with Crippen LogP contribution in [0.5, 0.6) is 0 Å². The molecule has 3 N–H and O–H groups in total. The van der Waals surface area contributed by atoms with Crippen molar-refractivity contribution in [2.75, 3.05) is 31.6 Å². The molecule has 0 bridgehead atoms. The Balaban J connectivity index is 1.80. The minimum absolute atomic E-state index is 0.0217. The van der Waals surface area contributed by atoms with E-state index in [-0.39, 0.29) is 24.4 Å². The number of rotatable bonds is 5. The molecule has 1 saturated heterocycles. The largest absolute Gasteiger partial charge is 0.378 e. The maximum Gasteiger partial charge on any atom is 0.243 e. The van der Waals surface area contributed by atoms with Crippen LogP contribution in [0.2, 0.25) is 0 Å². The Morgan fingerprint density at radius 2 is 1.91 bits per heavy atom. The molecule has 2 amide bonds. The van der Waals surface area contributed by atoms with Crippen LogP contribution in [0.25, 0.3) is 0 Å². The lowest BCUT2D eigenvalue weighted by Crippen LogP contribution is -2.45. The molecule has 1 aromatic rings. The van der Waals surface area contributed by atoms with E-state index >= 15 is 0 Å². The highest BCUT2D eigenvalue weighted by Gasteiger charge is 2.17. The van der Waals surface area contributed by atoms with Crippen molar-refractivity contribution >= 4 is 17.5 Å². The first-order valence-corrected chi connectivity index (χ1v) is 7.91. The lowest BCUT2D eigenvalue weighted by atomic mass is 10.1. The monoisotopic (exact) mass is 319 g/mol. The van der Waals surface area contributed by atoms with E-state index in [9.17, 15) is 9.59 Å². The van der Waals surface area contributed by atoms with Gasteiger partial charge in [0.1, 0.15) is 0 Å². The van der Waals surface area contributed by atoms with Gasteiger partial charge >= 0.3 is 0 Å². The number of nitrogens with one attached hydrogen (secondary N) is 3. The van der Waals surface area contributed by atoms with Crippen molar-refractivity contribution < 1.29 is 14.3 Å². The zero-order valence-corrected chi connectivity index (χ0v) is 14.0. The summed E-state index contributed by atoms with van der Waals surface area (Å²) in [6.07, 6.45) is 0.315. The third kappa shape index (κ3) is 5.33. The molecule has 0 spiro atoms. The van der Waals surface area contributed by atoms with E-state index < -0.39 is 0 Å². The second kappa shape index (κ2) is 8.08. The van der Waals surface area contributed by atoms with Crippen LogP contribution < -0.4 is 16.0 Å². The molecule has 0 radical (unpaired) electrons. The molecule has 1 atom stereocenters. The number of ether oxygens (including phenoxy) is 1. The Labute approximate surface area is 137 Å². The van der Waals surface area contributed by atoms with Gasteiger partial charge in [0, 0.05) is 24.7 Å². The summed E-state index contributed by atoms with van der Waals surface area (Å²) >= 11 is 0. The molecule has 1 unspecified atom stereocenters. The van der Waals surface area contributed by atoms with Crippen LogP contribution in [0.15, 0.2) is 12.1 Å². The number of anilines is 1. The van der Waals surface area contributed by atoms with Crippen LogP contribution in [-0.4, -0.2) is 44.2 Å². The lowest BCUT2D eigenvalue weighted by Gasteiger charge is -2.23. The van der Waals surface area contributed by atoms with Gasteiger partial charge in [-0.25, -0.2) is 0 Å². The van der Waals surface area contributed by atoms with Gasteiger partial charge in [0.05, 0.1) is 19.8 Å². The van der Waals surface area contributed by atoms with Crippen molar-refractivity contribution in [3.8, 4) is 0 Å².